The normalized spacial score (nSPS) is 12.3. The van der Waals surface area contributed by atoms with Crippen molar-refractivity contribution < 1.29 is 19.1 Å². The molecule has 0 amide bonds. The average molecular weight is 230 g/mol. The van der Waals surface area contributed by atoms with Gasteiger partial charge >= 0.3 is 11.9 Å². The summed E-state index contributed by atoms with van der Waals surface area (Å²) in [6.07, 6.45) is 2.45. The second-order valence-electron chi connectivity index (χ2n) is 4.25. The second-order valence-corrected chi connectivity index (χ2v) is 4.25. The van der Waals surface area contributed by atoms with E-state index in [0.717, 1.165) is 12.8 Å². The van der Waals surface area contributed by atoms with Crippen molar-refractivity contribution >= 4 is 11.9 Å². The smallest absolute Gasteiger partial charge is 0.305 e. The zero-order chi connectivity index (χ0) is 12.6. The number of hydrogen-bond donors (Lipinski definition) is 0. The van der Waals surface area contributed by atoms with Crippen LogP contribution in [0.4, 0.5) is 0 Å². The van der Waals surface area contributed by atoms with Crippen LogP contribution in [0.5, 0.6) is 0 Å². The van der Waals surface area contributed by atoms with Gasteiger partial charge in [-0.05, 0) is 24.7 Å². The van der Waals surface area contributed by atoms with Gasteiger partial charge in [-0.1, -0.05) is 13.8 Å². The van der Waals surface area contributed by atoms with Crippen LogP contribution in [0.25, 0.3) is 0 Å². The summed E-state index contributed by atoms with van der Waals surface area (Å²) >= 11 is 0. The summed E-state index contributed by atoms with van der Waals surface area (Å²) in [6.45, 7) is 4.15. The predicted molar refractivity (Wildman–Crippen MR) is 60.8 cm³/mol. The molecule has 0 fully saturated rings. The van der Waals surface area contributed by atoms with Crippen LogP contribution < -0.4 is 0 Å². The topological polar surface area (TPSA) is 52.6 Å². The fourth-order valence-corrected chi connectivity index (χ4v) is 1.58. The zero-order valence-corrected chi connectivity index (χ0v) is 10.6. The summed E-state index contributed by atoms with van der Waals surface area (Å²) in [6, 6.07) is 0. The van der Waals surface area contributed by atoms with Gasteiger partial charge in [0.25, 0.3) is 0 Å². The van der Waals surface area contributed by atoms with E-state index in [1.54, 1.807) is 0 Å². The van der Waals surface area contributed by atoms with Gasteiger partial charge < -0.3 is 9.47 Å². The first-order valence-electron chi connectivity index (χ1n) is 5.64. The van der Waals surface area contributed by atoms with Crippen molar-refractivity contribution in [2.75, 3.05) is 14.2 Å². The monoisotopic (exact) mass is 230 g/mol. The van der Waals surface area contributed by atoms with Gasteiger partial charge in [-0.15, -0.1) is 0 Å². The first kappa shape index (κ1) is 14.9. The van der Waals surface area contributed by atoms with Crippen LogP contribution >= 0.6 is 0 Å². The highest BCUT2D eigenvalue weighted by molar-refractivity contribution is 5.70. The Kier molecular flexibility index (Phi) is 7.60. The minimum Gasteiger partial charge on any atom is -0.469 e. The molecule has 0 saturated heterocycles. The second kappa shape index (κ2) is 8.13. The lowest BCUT2D eigenvalue weighted by atomic mass is 9.88. The maximum atomic E-state index is 11.2. The molecule has 0 aliphatic carbocycles. The van der Waals surface area contributed by atoms with Crippen LogP contribution in [-0.2, 0) is 19.1 Å². The Morgan fingerprint density at radius 2 is 1.62 bits per heavy atom. The van der Waals surface area contributed by atoms with Gasteiger partial charge in [-0.3, -0.25) is 9.59 Å². The van der Waals surface area contributed by atoms with Crippen LogP contribution in [0, 0.1) is 11.8 Å². The minimum atomic E-state index is -0.194. The number of ether oxygens (including phenoxy) is 2. The van der Waals surface area contributed by atoms with E-state index in [1.807, 2.05) is 0 Å². The Morgan fingerprint density at radius 3 is 2.06 bits per heavy atom. The molecule has 4 nitrogen and oxygen atoms in total. The van der Waals surface area contributed by atoms with E-state index < -0.39 is 0 Å². The van der Waals surface area contributed by atoms with E-state index >= 15 is 0 Å². The summed E-state index contributed by atoms with van der Waals surface area (Å²) in [4.78, 5) is 22.1. The fraction of sp³-hybridized carbons (Fsp3) is 0.833. The Balaban J connectivity index is 3.95. The van der Waals surface area contributed by atoms with Crippen LogP contribution in [0.3, 0.4) is 0 Å². The van der Waals surface area contributed by atoms with Crippen molar-refractivity contribution in [3.8, 4) is 0 Å². The van der Waals surface area contributed by atoms with Crippen molar-refractivity contribution in [2.45, 2.75) is 39.5 Å². The Hall–Kier alpha value is -1.06. The Labute approximate surface area is 97.3 Å². The molecule has 94 valence electrons. The molecule has 1 unspecified atom stereocenters. The first-order chi connectivity index (χ1) is 7.51. The molecule has 0 saturated carbocycles. The molecule has 16 heavy (non-hydrogen) atoms. The quantitative estimate of drug-likeness (QED) is 0.629. The van der Waals surface area contributed by atoms with Crippen molar-refractivity contribution in [3.05, 3.63) is 0 Å². The molecule has 0 aromatic carbocycles. The number of rotatable bonds is 7. The van der Waals surface area contributed by atoms with Crippen molar-refractivity contribution in [1.29, 1.82) is 0 Å². The lowest BCUT2D eigenvalue weighted by Crippen LogP contribution is -2.16. The lowest BCUT2D eigenvalue weighted by molar-refractivity contribution is -0.142. The van der Waals surface area contributed by atoms with Crippen molar-refractivity contribution in [2.24, 2.45) is 11.8 Å². The largest absolute Gasteiger partial charge is 0.469 e. The molecule has 0 heterocycles. The van der Waals surface area contributed by atoms with E-state index in [9.17, 15) is 9.59 Å². The maximum Gasteiger partial charge on any atom is 0.305 e. The summed E-state index contributed by atoms with van der Waals surface area (Å²) in [7, 11) is 2.78. The van der Waals surface area contributed by atoms with Gasteiger partial charge in [-0.2, -0.15) is 0 Å². The summed E-state index contributed by atoms with van der Waals surface area (Å²) in [5, 5.41) is 0. The van der Waals surface area contributed by atoms with E-state index in [1.165, 1.54) is 14.2 Å². The highest BCUT2D eigenvalue weighted by Gasteiger charge is 2.18. The number of hydrogen-bond acceptors (Lipinski definition) is 4. The molecule has 0 rings (SSSR count). The number of carbonyl (C=O) groups excluding carboxylic acids is 2. The first-order valence-corrected chi connectivity index (χ1v) is 5.64. The molecule has 0 aromatic heterocycles. The molecular weight excluding hydrogens is 208 g/mol. The maximum absolute atomic E-state index is 11.2. The third kappa shape index (κ3) is 6.43. The van der Waals surface area contributed by atoms with Gasteiger partial charge in [0.2, 0.25) is 0 Å². The van der Waals surface area contributed by atoms with E-state index in [2.05, 4.69) is 23.3 Å². The third-order valence-corrected chi connectivity index (χ3v) is 2.78. The Morgan fingerprint density at radius 1 is 1.06 bits per heavy atom. The fourth-order valence-electron chi connectivity index (χ4n) is 1.58. The van der Waals surface area contributed by atoms with Gasteiger partial charge in [0, 0.05) is 12.8 Å². The molecule has 1 atom stereocenters. The van der Waals surface area contributed by atoms with Crippen molar-refractivity contribution in [1.82, 2.24) is 0 Å². The molecule has 0 aliphatic rings. The SMILES string of the molecule is COC(=O)CCCC(CC(=O)OC)C(C)C. The van der Waals surface area contributed by atoms with E-state index in [-0.39, 0.29) is 17.9 Å². The van der Waals surface area contributed by atoms with Gasteiger partial charge in [0.05, 0.1) is 14.2 Å². The van der Waals surface area contributed by atoms with Gasteiger partial charge in [0.1, 0.15) is 0 Å². The lowest BCUT2D eigenvalue weighted by Gasteiger charge is -2.19. The molecule has 0 N–H and O–H groups in total. The average Bonchev–Trinajstić information content (AvgIpc) is 2.26. The number of methoxy groups -OCH3 is 2. The van der Waals surface area contributed by atoms with Gasteiger partial charge in [-0.25, -0.2) is 0 Å². The molecule has 4 heteroatoms. The van der Waals surface area contributed by atoms with Gasteiger partial charge in [0.15, 0.2) is 0 Å². The van der Waals surface area contributed by atoms with Crippen LogP contribution in [0.15, 0.2) is 0 Å². The molecule has 0 radical (unpaired) electrons. The highest BCUT2D eigenvalue weighted by atomic mass is 16.5. The van der Waals surface area contributed by atoms with Crippen LogP contribution in [0.2, 0.25) is 0 Å². The van der Waals surface area contributed by atoms with E-state index in [0.29, 0.717) is 18.8 Å². The third-order valence-electron chi connectivity index (χ3n) is 2.78. The molecule has 0 bridgehead atoms. The van der Waals surface area contributed by atoms with Crippen LogP contribution in [-0.4, -0.2) is 26.2 Å². The molecule has 0 aliphatic heterocycles. The standard InChI is InChI=1S/C12H22O4/c1-9(2)10(8-12(14)16-4)6-5-7-11(13)15-3/h9-10H,5-8H2,1-4H3. The Bertz CT molecular complexity index is 223. The summed E-state index contributed by atoms with van der Waals surface area (Å²) in [5.74, 6) is 0.311. The van der Waals surface area contributed by atoms with Crippen molar-refractivity contribution in [3.63, 3.8) is 0 Å². The minimum absolute atomic E-state index is 0.184. The zero-order valence-electron chi connectivity index (χ0n) is 10.6. The molecule has 0 aromatic rings. The molecular formula is C12H22O4. The van der Waals surface area contributed by atoms with E-state index in [4.69, 9.17) is 0 Å². The number of esters is 2. The van der Waals surface area contributed by atoms with Crippen LogP contribution in [0.1, 0.15) is 39.5 Å². The number of carbonyl (C=O) groups is 2. The molecule has 0 spiro atoms. The highest BCUT2D eigenvalue weighted by Crippen LogP contribution is 2.22. The summed E-state index contributed by atoms with van der Waals surface area (Å²) in [5.41, 5.74) is 0. The predicted octanol–water partition coefficient (Wildman–Crippen LogP) is 2.17. The summed E-state index contributed by atoms with van der Waals surface area (Å²) < 4.78 is 9.21.